The average molecular weight is 461 g/mol. The fraction of sp³-hybridized carbons (Fsp3) is 0.391. The number of piperidine rings is 1. The van der Waals surface area contributed by atoms with Crippen molar-refractivity contribution < 1.29 is 22.8 Å². The van der Waals surface area contributed by atoms with Crippen LogP contribution in [0.25, 0.3) is 0 Å². The van der Waals surface area contributed by atoms with Gasteiger partial charge >= 0.3 is 12.2 Å². The maximum absolute atomic E-state index is 12.9. The van der Waals surface area contributed by atoms with Crippen LogP contribution in [0.4, 0.5) is 35.0 Å². The number of amides is 3. The number of nitrogens with one attached hydrogen (secondary N) is 3. The van der Waals surface area contributed by atoms with Gasteiger partial charge in [0.2, 0.25) is 5.91 Å². The molecule has 2 fully saturated rings. The molecule has 33 heavy (non-hydrogen) atoms. The number of carbonyl (C=O) groups excluding carboxylic acids is 2. The molecule has 0 spiro atoms. The zero-order valence-electron chi connectivity index (χ0n) is 18.0. The van der Waals surface area contributed by atoms with Crippen LogP contribution in [0.3, 0.4) is 0 Å². The number of alkyl halides is 3. The zero-order valence-corrected chi connectivity index (χ0v) is 18.0. The van der Waals surface area contributed by atoms with Gasteiger partial charge in [-0.25, -0.2) is 4.79 Å². The molecule has 2 aliphatic heterocycles. The molecule has 3 N–H and O–H groups in total. The van der Waals surface area contributed by atoms with Gasteiger partial charge in [0.15, 0.2) is 0 Å². The Kier molecular flexibility index (Phi) is 6.62. The Morgan fingerprint density at radius 2 is 1.61 bits per heavy atom. The van der Waals surface area contributed by atoms with Crippen LogP contribution in [-0.4, -0.2) is 49.3 Å². The van der Waals surface area contributed by atoms with Crippen LogP contribution in [0.15, 0.2) is 48.5 Å². The van der Waals surface area contributed by atoms with E-state index in [1.807, 2.05) is 53.4 Å². The standard InChI is InChI=1S/C23H26F3N5O2/c24-23(25,26)17-9-11-30(12-10-17)20-7-5-19(6-8-20)29-18-3-1-16(2-4-18)13-27-22(33)31-14-21(32)28-15-31/h1-8,17,29H,9-15H2,(H,27,33)(H,28,32). The molecule has 2 aromatic carbocycles. The molecule has 2 aromatic rings. The van der Waals surface area contributed by atoms with Crippen molar-refractivity contribution in [2.24, 2.45) is 5.92 Å². The minimum atomic E-state index is -4.10. The van der Waals surface area contributed by atoms with Gasteiger partial charge in [-0.1, -0.05) is 12.1 Å². The Morgan fingerprint density at radius 1 is 1.00 bits per heavy atom. The van der Waals surface area contributed by atoms with E-state index in [-0.39, 0.29) is 38.0 Å². The molecule has 7 nitrogen and oxygen atoms in total. The monoisotopic (exact) mass is 461 g/mol. The largest absolute Gasteiger partial charge is 0.391 e. The van der Waals surface area contributed by atoms with Crippen LogP contribution in [0.5, 0.6) is 0 Å². The summed E-state index contributed by atoms with van der Waals surface area (Å²) < 4.78 is 38.6. The summed E-state index contributed by atoms with van der Waals surface area (Å²) in [6.45, 7) is 1.44. The van der Waals surface area contributed by atoms with E-state index >= 15 is 0 Å². The van der Waals surface area contributed by atoms with Crippen molar-refractivity contribution >= 4 is 29.0 Å². The van der Waals surface area contributed by atoms with Crippen molar-refractivity contribution in [1.82, 2.24) is 15.5 Å². The lowest BCUT2D eigenvalue weighted by atomic mass is 9.96. The Labute approximate surface area is 189 Å². The Bertz CT molecular complexity index is 971. The van der Waals surface area contributed by atoms with Gasteiger partial charge in [-0.3, -0.25) is 9.69 Å². The van der Waals surface area contributed by atoms with E-state index in [0.29, 0.717) is 19.6 Å². The molecule has 0 atom stereocenters. The smallest absolute Gasteiger partial charge is 0.372 e. The van der Waals surface area contributed by atoms with E-state index < -0.39 is 12.1 Å². The van der Waals surface area contributed by atoms with Crippen molar-refractivity contribution in [2.45, 2.75) is 25.6 Å². The van der Waals surface area contributed by atoms with Crippen LogP contribution in [0.1, 0.15) is 18.4 Å². The third-order valence-electron chi connectivity index (χ3n) is 5.97. The maximum Gasteiger partial charge on any atom is 0.391 e. The summed E-state index contributed by atoms with van der Waals surface area (Å²) in [5.74, 6) is -1.37. The third kappa shape index (κ3) is 5.88. The second-order valence-corrected chi connectivity index (χ2v) is 8.29. The van der Waals surface area contributed by atoms with Crippen molar-refractivity contribution in [1.29, 1.82) is 0 Å². The Morgan fingerprint density at radius 3 is 2.15 bits per heavy atom. The number of nitrogens with zero attached hydrogens (tertiary/aromatic N) is 2. The summed E-state index contributed by atoms with van der Waals surface area (Å²) in [7, 11) is 0. The number of carbonyl (C=O) groups is 2. The lowest BCUT2D eigenvalue weighted by Crippen LogP contribution is -2.38. The van der Waals surface area contributed by atoms with Crippen molar-refractivity contribution in [2.75, 3.05) is 36.5 Å². The highest BCUT2D eigenvalue weighted by atomic mass is 19.4. The third-order valence-corrected chi connectivity index (χ3v) is 5.97. The summed E-state index contributed by atoms with van der Waals surface area (Å²) >= 11 is 0. The minimum Gasteiger partial charge on any atom is -0.372 e. The van der Waals surface area contributed by atoms with Crippen LogP contribution in [0.2, 0.25) is 0 Å². The lowest BCUT2D eigenvalue weighted by molar-refractivity contribution is -0.179. The van der Waals surface area contributed by atoms with Gasteiger partial charge in [0.05, 0.1) is 12.6 Å². The van der Waals surface area contributed by atoms with Crippen LogP contribution in [0, 0.1) is 5.92 Å². The number of anilines is 3. The van der Waals surface area contributed by atoms with E-state index in [1.165, 1.54) is 4.90 Å². The predicted octanol–water partition coefficient (Wildman–Crippen LogP) is 3.81. The lowest BCUT2D eigenvalue weighted by Gasteiger charge is -2.34. The molecule has 3 amide bonds. The molecular formula is C23H26F3N5O2. The maximum atomic E-state index is 12.9. The Hall–Kier alpha value is -3.43. The highest BCUT2D eigenvalue weighted by Gasteiger charge is 2.41. The number of hydrogen-bond donors (Lipinski definition) is 3. The molecule has 0 aliphatic carbocycles. The van der Waals surface area contributed by atoms with Crippen LogP contribution < -0.4 is 20.9 Å². The second-order valence-electron chi connectivity index (χ2n) is 8.29. The summed E-state index contributed by atoms with van der Waals surface area (Å²) in [5.41, 5.74) is 3.58. The van der Waals surface area contributed by atoms with E-state index in [4.69, 9.17) is 0 Å². The normalized spacial score (nSPS) is 17.1. The van der Waals surface area contributed by atoms with E-state index in [0.717, 1.165) is 22.6 Å². The molecule has 0 saturated carbocycles. The number of rotatable bonds is 5. The van der Waals surface area contributed by atoms with Gasteiger partial charge < -0.3 is 20.9 Å². The fourth-order valence-electron chi connectivity index (χ4n) is 4.00. The average Bonchev–Trinajstić information content (AvgIpc) is 3.25. The van der Waals surface area contributed by atoms with Gasteiger partial charge in [-0.15, -0.1) is 0 Å². The highest BCUT2D eigenvalue weighted by molar-refractivity contribution is 5.86. The quantitative estimate of drug-likeness (QED) is 0.633. The first-order chi connectivity index (χ1) is 15.8. The van der Waals surface area contributed by atoms with E-state index in [2.05, 4.69) is 16.0 Å². The van der Waals surface area contributed by atoms with Crippen molar-refractivity contribution in [3.8, 4) is 0 Å². The zero-order chi connectivity index (χ0) is 23.4. The van der Waals surface area contributed by atoms with Gasteiger partial charge in [-0.2, -0.15) is 13.2 Å². The molecule has 10 heteroatoms. The molecule has 2 saturated heterocycles. The van der Waals surface area contributed by atoms with E-state index in [9.17, 15) is 22.8 Å². The molecule has 0 aromatic heterocycles. The molecule has 2 heterocycles. The second kappa shape index (κ2) is 9.60. The fourth-order valence-corrected chi connectivity index (χ4v) is 4.00. The number of urea groups is 1. The SMILES string of the molecule is O=C1CN(C(=O)NCc2ccc(Nc3ccc(N4CCC(C(F)(F)F)CC4)cc3)cc2)CN1. The van der Waals surface area contributed by atoms with Crippen molar-refractivity contribution in [3.05, 3.63) is 54.1 Å². The summed E-state index contributed by atoms with van der Waals surface area (Å²) in [5, 5.41) is 8.66. The first-order valence-electron chi connectivity index (χ1n) is 10.8. The molecule has 0 radical (unpaired) electrons. The topological polar surface area (TPSA) is 76.7 Å². The van der Waals surface area contributed by atoms with Crippen LogP contribution >= 0.6 is 0 Å². The molecular weight excluding hydrogens is 435 g/mol. The molecule has 2 aliphatic rings. The Balaban J connectivity index is 1.25. The molecule has 4 rings (SSSR count). The van der Waals surface area contributed by atoms with Gasteiger partial charge in [0, 0.05) is 36.7 Å². The van der Waals surface area contributed by atoms with Crippen molar-refractivity contribution in [3.63, 3.8) is 0 Å². The van der Waals surface area contributed by atoms with Gasteiger partial charge in [-0.05, 0) is 54.8 Å². The number of benzene rings is 2. The number of halogens is 3. The first kappa shape index (κ1) is 22.8. The van der Waals surface area contributed by atoms with Gasteiger partial charge in [0.1, 0.15) is 6.54 Å². The molecule has 176 valence electrons. The summed E-state index contributed by atoms with van der Waals surface area (Å²) in [4.78, 5) is 26.6. The highest BCUT2D eigenvalue weighted by Crippen LogP contribution is 2.35. The van der Waals surface area contributed by atoms with Gasteiger partial charge in [0.25, 0.3) is 0 Å². The van der Waals surface area contributed by atoms with E-state index in [1.54, 1.807) is 0 Å². The minimum absolute atomic E-state index is 0.0688. The first-order valence-corrected chi connectivity index (χ1v) is 10.8. The summed E-state index contributed by atoms with van der Waals surface area (Å²) in [6, 6.07) is 14.9. The molecule has 0 bridgehead atoms. The van der Waals surface area contributed by atoms with Crippen LogP contribution in [-0.2, 0) is 11.3 Å². The number of hydrogen-bond acceptors (Lipinski definition) is 4. The predicted molar refractivity (Wildman–Crippen MR) is 119 cm³/mol. The summed E-state index contributed by atoms with van der Waals surface area (Å²) in [6.07, 6.45) is -3.85. The molecule has 0 unspecified atom stereocenters.